The van der Waals surface area contributed by atoms with Crippen LogP contribution in [-0.2, 0) is 11.3 Å². The maximum Gasteiger partial charge on any atom is 0.251 e. The van der Waals surface area contributed by atoms with Crippen LogP contribution < -0.4 is 15.0 Å². The number of amides is 1. The molecule has 3 aromatic rings. The quantitative estimate of drug-likeness (QED) is 0.673. The summed E-state index contributed by atoms with van der Waals surface area (Å²) < 4.78 is 11.4. The second kappa shape index (κ2) is 9.41. The fourth-order valence-electron chi connectivity index (χ4n) is 3.34. The van der Waals surface area contributed by atoms with Crippen molar-refractivity contribution in [3.8, 4) is 11.5 Å². The molecule has 6 heteroatoms. The SMILES string of the molecule is C[C@@H]1CN(c2ccc(CNC(=O)c3cccc(Oc4ccccc4)c3)cn2)CCO1. The van der Waals surface area contributed by atoms with Gasteiger partial charge in [0, 0.05) is 31.4 Å². The molecule has 0 saturated carbocycles. The molecule has 1 aromatic heterocycles. The van der Waals surface area contributed by atoms with Gasteiger partial charge in [-0.15, -0.1) is 0 Å². The zero-order valence-corrected chi connectivity index (χ0v) is 17.0. The molecule has 2 aromatic carbocycles. The van der Waals surface area contributed by atoms with E-state index in [1.54, 1.807) is 12.1 Å². The van der Waals surface area contributed by atoms with Crippen LogP contribution in [0.25, 0.3) is 0 Å². The van der Waals surface area contributed by atoms with E-state index in [0.29, 0.717) is 24.5 Å². The first-order valence-electron chi connectivity index (χ1n) is 10.1. The molecule has 154 valence electrons. The number of nitrogens with one attached hydrogen (secondary N) is 1. The lowest BCUT2D eigenvalue weighted by Gasteiger charge is -2.32. The van der Waals surface area contributed by atoms with Crippen molar-refractivity contribution in [2.75, 3.05) is 24.6 Å². The lowest BCUT2D eigenvalue weighted by Crippen LogP contribution is -2.41. The first-order chi connectivity index (χ1) is 14.7. The molecule has 0 aliphatic carbocycles. The monoisotopic (exact) mass is 403 g/mol. The van der Waals surface area contributed by atoms with Crippen LogP contribution in [-0.4, -0.2) is 36.7 Å². The molecule has 1 saturated heterocycles. The van der Waals surface area contributed by atoms with Gasteiger partial charge in [-0.3, -0.25) is 4.79 Å². The molecule has 1 aliphatic heterocycles. The average Bonchev–Trinajstić information content (AvgIpc) is 2.79. The van der Waals surface area contributed by atoms with Crippen LogP contribution in [0.15, 0.2) is 72.9 Å². The number of anilines is 1. The van der Waals surface area contributed by atoms with Gasteiger partial charge in [0.25, 0.3) is 5.91 Å². The molecule has 1 aliphatic rings. The first-order valence-corrected chi connectivity index (χ1v) is 10.1. The Kier molecular flexibility index (Phi) is 6.25. The Labute approximate surface area is 176 Å². The molecule has 0 spiro atoms. The minimum atomic E-state index is -0.153. The highest BCUT2D eigenvalue weighted by Gasteiger charge is 2.17. The third kappa shape index (κ3) is 5.15. The summed E-state index contributed by atoms with van der Waals surface area (Å²) in [5, 5.41) is 2.94. The van der Waals surface area contributed by atoms with Gasteiger partial charge in [-0.1, -0.05) is 30.3 Å². The fourth-order valence-corrected chi connectivity index (χ4v) is 3.34. The lowest BCUT2D eigenvalue weighted by molar-refractivity contribution is 0.0529. The van der Waals surface area contributed by atoms with Crippen molar-refractivity contribution in [2.24, 2.45) is 0 Å². The van der Waals surface area contributed by atoms with Crippen LogP contribution >= 0.6 is 0 Å². The van der Waals surface area contributed by atoms with Gasteiger partial charge >= 0.3 is 0 Å². The predicted molar refractivity (Wildman–Crippen MR) is 116 cm³/mol. The van der Waals surface area contributed by atoms with E-state index in [1.807, 2.05) is 60.8 Å². The number of nitrogens with zero attached hydrogens (tertiary/aromatic N) is 2. The summed E-state index contributed by atoms with van der Waals surface area (Å²) in [6.07, 6.45) is 2.02. The normalized spacial score (nSPS) is 16.2. The van der Waals surface area contributed by atoms with E-state index < -0.39 is 0 Å². The topological polar surface area (TPSA) is 63.7 Å². The molecule has 2 heterocycles. The number of rotatable bonds is 6. The standard InChI is InChI=1S/C24H25N3O3/c1-18-17-27(12-13-29-18)23-11-10-19(15-25-23)16-26-24(28)20-6-5-9-22(14-20)30-21-7-3-2-4-8-21/h2-11,14-15,18H,12-13,16-17H2,1H3,(H,26,28)/t18-/m1/s1. The summed E-state index contributed by atoms with van der Waals surface area (Å²) in [4.78, 5) is 19.3. The zero-order chi connectivity index (χ0) is 20.8. The van der Waals surface area contributed by atoms with Crippen LogP contribution in [0.3, 0.4) is 0 Å². The summed E-state index contributed by atoms with van der Waals surface area (Å²) >= 11 is 0. The maximum absolute atomic E-state index is 12.6. The van der Waals surface area contributed by atoms with Crippen molar-refractivity contribution in [3.05, 3.63) is 84.1 Å². The number of carbonyl (C=O) groups is 1. The number of benzene rings is 2. The van der Waals surface area contributed by atoms with E-state index in [9.17, 15) is 4.79 Å². The number of hydrogen-bond donors (Lipinski definition) is 1. The molecule has 0 radical (unpaired) electrons. The van der Waals surface area contributed by atoms with Gasteiger partial charge in [0.2, 0.25) is 0 Å². The third-order valence-electron chi connectivity index (χ3n) is 4.90. The van der Waals surface area contributed by atoms with E-state index in [1.165, 1.54) is 0 Å². The van der Waals surface area contributed by atoms with Crippen molar-refractivity contribution >= 4 is 11.7 Å². The number of hydrogen-bond acceptors (Lipinski definition) is 5. The van der Waals surface area contributed by atoms with E-state index in [2.05, 4.69) is 22.1 Å². The van der Waals surface area contributed by atoms with Gasteiger partial charge in [0.15, 0.2) is 0 Å². The number of morpholine rings is 1. The number of aromatic nitrogens is 1. The summed E-state index contributed by atoms with van der Waals surface area (Å²) in [5.74, 6) is 2.14. The highest BCUT2D eigenvalue weighted by Crippen LogP contribution is 2.22. The van der Waals surface area contributed by atoms with E-state index in [4.69, 9.17) is 9.47 Å². The van der Waals surface area contributed by atoms with Gasteiger partial charge < -0.3 is 19.7 Å². The summed E-state index contributed by atoms with van der Waals surface area (Å²) in [7, 11) is 0. The molecule has 30 heavy (non-hydrogen) atoms. The van der Waals surface area contributed by atoms with E-state index >= 15 is 0 Å². The van der Waals surface area contributed by atoms with Crippen LogP contribution in [0.2, 0.25) is 0 Å². The smallest absolute Gasteiger partial charge is 0.251 e. The largest absolute Gasteiger partial charge is 0.457 e. The van der Waals surface area contributed by atoms with Gasteiger partial charge in [0.05, 0.1) is 12.7 Å². The number of ether oxygens (including phenoxy) is 2. The molecular weight excluding hydrogens is 378 g/mol. The lowest BCUT2D eigenvalue weighted by atomic mass is 10.2. The van der Waals surface area contributed by atoms with Crippen molar-refractivity contribution in [2.45, 2.75) is 19.6 Å². The number of para-hydroxylation sites is 1. The number of carbonyl (C=O) groups excluding carboxylic acids is 1. The maximum atomic E-state index is 12.6. The fraction of sp³-hybridized carbons (Fsp3) is 0.250. The summed E-state index contributed by atoms with van der Waals surface area (Å²) in [5.41, 5.74) is 1.50. The Morgan fingerprint density at radius 2 is 1.97 bits per heavy atom. The van der Waals surface area contributed by atoms with Crippen LogP contribution in [0, 0.1) is 0 Å². The van der Waals surface area contributed by atoms with Gasteiger partial charge in [-0.25, -0.2) is 4.98 Å². The van der Waals surface area contributed by atoms with Crippen molar-refractivity contribution in [1.29, 1.82) is 0 Å². The van der Waals surface area contributed by atoms with Crippen LogP contribution in [0.4, 0.5) is 5.82 Å². The molecule has 1 fully saturated rings. The second-order valence-electron chi connectivity index (χ2n) is 7.28. The van der Waals surface area contributed by atoms with Gasteiger partial charge in [-0.05, 0) is 48.9 Å². The minimum Gasteiger partial charge on any atom is -0.457 e. The Morgan fingerprint density at radius 1 is 1.13 bits per heavy atom. The zero-order valence-electron chi connectivity index (χ0n) is 17.0. The molecule has 1 amide bonds. The molecule has 1 N–H and O–H groups in total. The highest BCUT2D eigenvalue weighted by atomic mass is 16.5. The molecule has 0 unspecified atom stereocenters. The highest BCUT2D eigenvalue weighted by molar-refractivity contribution is 5.94. The van der Waals surface area contributed by atoms with Crippen LogP contribution in [0.1, 0.15) is 22.8 Å². The first kappa shape index (κ1) is 19.9. The molecule has 0 bridgehead atoms. The molecular formula is C24H25N3O3. The Hall–Kier alpha value is -3.38. The Balaban J connectivity index is 1.34. The molecule has 4 rings (SSSR count). The van der Waals surface area contributed by atoms with Crippen molar-refractivity contribution in [1.82, 2.24) is 10.3 Å². The summed E-state index contributed by atoms with van der Waals surface area (Å²) in [6.45, 7) is 4.87. The molecule has 1 atom stereocenters. The minimum absolute atomic E-state index is 0.153. The van der Waals surface area contributed by atoms with Gasteiger partial charge in [0.1, 0.15) is 17.3 Å². The Morgan fingerprint density at radius 3 is 2.73 bits per heavy atom. The predicted octanol–water partition coefficient (Wildman–Crippen LogP) is 4.03. The van der Waals surface area contributed by atoms with Crippen LogP contribution in [0.5, 0.6) is 11.5 Å². The second-order valence-corrected chi connectivity index (χ2v) is 7.28. The summed E-state index contributed by atoms with van der Waals surface area (Å²) in [6, 6.07) is 20.6. The van der Waals surface area contributed by atoms with Gasteiger partial charge in [-0.2, -0.15) is 0 Å². The van der Waals surface area contributed by atoms with Crippen molar-refractivity contribution in [3.63, 3.8) is 0 Å². The van der Waals surface area contributed by atoms with Crippen molar-refractivity contribution < 1.29 is 14.3 Å². The third-order valence-corrected chi connectivity index (χ3v) is 4.90. The molecule has 6 nitrogen and oxygen atoms in total. The Bertz CT molecular complexity index is 977. The number of pyridine rings is 1. The average molecular weight is 403 g/mol. The van der Waals surface area contributed by atoms with E-state index in [-0.39, 0.29) is 12.0 Å². The van der Waals surface area contributed by atoms with E-state index in [0.717, 1.165) is 30.2 Å².